The van der Waals surface area contributed by atoms with E-state index in [1.807, 2.05) is 19.2 Å². The second-order valence-corrected chi connectivity index (χ2v) is 28.4. The van der Waals surface area contributed by atoms with Crippen LogP contribution in [0.3, 0.4) is 0 Å². The van der Waals surface area contributed by atoms with E-state index in [9.17, 15) is 102 Å². The van der Waals surface area contributed by atoms with Crippen LogP contribution in [-0.2, 0) is 87.9 Å². The van der Waals surface area contributed by atoms with Crippen molar-refractivity contribution in [1.82, 2.24) is 79.4 Å². The molecular formula is C69H111N19O22. The van der Waals surface area contributed by atoms with Crippen LogP contribution >= 0.6 is 0 Å². The van der Waals surface area contributed by atoms with Gasteiger partial charge in [0, 0.05) is 30.1 Å². The molecule has 0 fully saturated rings. The van der Waals surface area contributed by atoms with Crippen molar-refractivity contribution < 1.29 is 107 Å². The first-order chi connectivity index (χ1) is 51.4. The molecule has 41 nitrogen and oxygen atoms in total. The van der Waals surface area contributed by atoms with E-state index in [-0.39, 0.29) is 68.8 Å². The zero-order valence-corrected chi connectivity index (χ0v) is 63.8. The van der Waals surface area contributed by atoms with Gasteiger partial charge in [-0.3, -0.25) is 81.7 Å². The Morgan fingerprint density at radius 2 is 0.827 bits per heavy atom. The summed E-state index contributed by atoms with van der Waals surface area (Å²) in [5.41, 5.74) is 18.2. The van der Waals surface area contributed by atoms with Gasteiger partial charge in [-0.2, -0.15) is 0 Å². The highest BCUT2D eigenvalue weighted by atomic mass is 16.4. The molecule has 0 unspecified atom stereocenters. The molecule has 26 N–H and O–H groups in total. The number of amides is 14. The Morgan fingerprint density at radius 3 is 1.34 bits per heavy atom. The Labute approximate surface area is 635 Å². The molecule has 0 aliphatic heterocycles. The Morgan fingerprint density at radius 1 is 0.427 bits per heavy atom. The Hall–Kier alpha value is -11.1. The number of carbonyl (C=O) groups is 17. The lowest BCUT2D eigenvalue weighted by Crippen LogP contribution is -2.61. The van der Waals surface area contributed by atoms with Crippen molar-refractivity contribution in [2.75, 3.05) is 32.8 Å². The van der Waals surface area contributed by atoms with Gasteiger partial charge in [0.1, 0.15) is 72.5 Å². The fourth-order valence-corrected chi connectivity index (χ4v) is 10.8. The number of para-hydroxylation sites is 1. The molecule has 0 saturated carbocycles. The van der Waals surface area contributed by atoms with Crippen molar-refractivity contribution in [3.05, 3.63) is 36.0 Å². The highest BCUT2D eigenvalue weighted by Gasteiger charge is 2.38. The number of carboxylic acids is 3. The van der Waals surface area contributed by atoms with E-state index >= 15 is 0 Å². The number of hydrogen-bond donors (Lipinski definition) is 23. The van der Waals surface area contributed by atoms with E-state index in [1.54, 1.807) is 85.9 Å². The minimum absolute atomic E-state index is 0.0175. The summed E-state index contributed by atoms with van der Waals surface area (Å²) < 4.78 is 0. The molecule has 1 heterocycles. The maximum Gasteiger partial charge on any atom is 0.328 e. The number of aliphatic imine (C=N–C) groups is 1. The zero-order valence-electron chi connectivity index (χ0n) is 63.8. The summed E-state index contributed by atoms with van der Waals surface area (Å²) in [6.45, 7) is 15.3. The van der Waals surface area contributed by atoms with Crippen LogP contribution in [0.2, 0.25) is 0 Å². The smallest absolute Gasteiger partial charge is 0.328 e. The molecule has 1 aromatic heterocycles. The molecule has 0 spiro atoms. The molecule has 0 saturated heterocycles. The highest BCUT2D eigenvalue weighted by molar-refractivity contribution is 6.01. The molecule has 0 aliphatic rings. The van der Waals surface area contributed by atoms with Crippen LogP contribution in [0.1, 0.15) is 134 Å². The van der Waals surface area contributed by atoms with Gasteiger partial charge in [-0.25, -0.2) is 4.79 Å². The third-order valence-corrected chi connectivity index (χ3v) is 16.6. The van der Waals surface area contributed by atoms with Gasteiger partial charge in [-0.05, 0) is 87.2 Å². The molecule has 13 atom stereocenters. The van der Waals surface area contributed by atoms with Gasteiger partial charge in [0.25, 0.3) is 0 Å². The first-order valence-corrected chi connectivity index (χ1v) is 35.8. The van der Waals surface area contributed by atoms with Crippen molar-refractivity contribution in [2.45, 2.75) is 213 Å². The number of H-pyrrole nitrogens is 1. The lowest BCUT2D eigenvalue weighted by Gasteiger charge is -2.30. The number of carbonyl (C=O) groups excluding carboxylic acids is 14. The predicted octanol–water partition coefficient (Wildman–Crippen LogP) is -6.35. The van der Waals surface area contributed by atoms with E-state index < -0.39 is 230 Å². The second-order valence-electron chi connectivity index (χ2n) is 28.4. The number of aromatic nitrogens is 1. The van der Waals surface area contributed by atoms with E-state index in [1.165, 1.54) is 13.8 Å². The van der Waals surface area contributed by atoms with E-state index in [0.29, 0.717) is 16.5 Å². The van der Waals surface area contributed by atoms with E-state index in [0.717, 1.165) is 0 Å². The normalized spacial score (nSPS) is 14.8. The summed E-state index contributed by atoms with van der Waals surface area (Å²) in [5.74, 6) is -20.9. The summed E-state index contributed by atoms with van der Waals surface area (Å²) in [6.07, 6.45) is -0.948. The largest absolute Gasteiger partial charge is 0.481 e. The summed E-state index contributed by atoms with van der Waals surface area (Å²) in [4.78, 5) is 234. The Balaban J connectivity index is 2.42. The van der Waals surface area contributed by atoms with Gasteiger partial charge >= 0.3 is 17.9 Å². The number of aliphatic hydroxyl groups is 2. The number of carboxylic acid groups (broad SMARTS) is 3. The molecule has 14 amide bonds. The molecule has 0 bridgehead atoms. The van der Waals surface area contributed by atoms with Crippen LogP contribution in [0.4, 0.5) is 0 Å². The molecule has 110 heavy (non-hydrogen) atoms. The lowest BCUT2D eigenvalue weighted by atomic mass is 9.97. The van der Waals surface area contributed by atoms with Crippen molar-refractivity contribution in [2.24, 2.45) is 51.8 Å². The molecule has 0 aliphatic carbocycles. The zero-order chi connectivity index (χ0) is 83.6. The summed E-state index contributed by atoms with van der Waals surface area (Å²) in [7, 11) is 0. The number of nitrogens with zero attached hydrogens (tertiary/aromatic N) is 1. The second kappa shape index (κ2) is 47.0. The average molecular weight is 1560 g/mol. The number of aliphatic carboxylic acids is 3. The number of rotatable bonds is 49. The monoisotopic (exact) mass is 1560 g/mol. The fraction of sp³-hybridized carbons (Fsp3) is 0.623. The number of hydrogen-bond acceptors (Lipinski definition) is 21. The van der Waals surface area contributed by atoms with Gasteiger partial charge < -0.3 is 122 Å². The average Bonchev–Trinajstić information content (AvgIpc) is 1.62. The van der Waals surface area contributed by atoms with Crippen LogP contribution in [0.25, 0.3) is 10.9 Å². The molecule has 2 aromatic rings. The maximum atomic E-state index is 14.8. The van der Waals surface area contributed by atoms with Crippen LogP contribution in [0.5, 0.6) is 0 Å². The summed E-state index contributed by atoms with van der Waals surface area (Å²) >= 11 is 0. The number of guanidine groups is 1. The summed E-state index contributed by atoms with van der Waals surface area (Å²) in [5, 5.41) is 81.7. The van der Waals surface area contributed by atoms with Crippen LogP contribution in [-0.4, -0.2) is 248 Å². The topological polar surface area (TPSA) is 666 Å². The SMILES string of the molecule is CC(C)C[C@H](NC(=O)CNC(=O)[C@H](CC(=O)O)NC(=O)[C@H](CCCN=C(N)N)NC(=O)[C@H](Cc1c[nH]c2ccccc12)NC(=O)[C@H](C)NC(=O)[C@H](CC(C)C)NC(=O)[C@@H](NC(=O)[C@@H](NC(=O)[C@H](CC(=O)O)NC(=O)[C@@H](N)CC(C)C)C(C)C)C(C)C)C(=O)N[C@@H](CO)C(=O)NCC(=O)N[C@@H](C)C(=O)N[C@@H](CO)C(=O)O. The minimum atomic E-state index is -1.97. The van der Waals surface area contributed by atoms with E-state index in [2.05, 4.69) is 79.1 Å². The number of aliphatic hydroxyl groups excluding tert-OH is 2. The van der Waals surface area contributed by atoms with Crippen molar-refractivity contribution in [3.8, 4) is 0 Å². The molecule has 614 valence electrons. The maximum absolute atomic E-state index is 14.8. The van der Waals surface area contributed by atoms with Gasteiger partial charge in [0.2, 0.25) is 82.7 Å². The molecule has 2 rings (SSSR count). The van der Waals surface area contributed by atoms with E-state index in [4.69, 9.17) is 22.3 Å². The first kappa shape index (κ1) is 95.0. The number of benzene rings is 1. The third kappa shape index (κ3) is 34.0. The predicted molar refractivity (Wildman–Crippen MR) is 395 cm³/mol. The number of fused-ring (bicyclic) bond motifs is 1. The number of nitrogens with one attached hydrogen (secondary N) is 15. The number of nitrogens with two attached hydrogens (primary N) is 3. The van der Waals surface area contributed by atoms with Crippen LogP contribution < -0.4 is 91.6 Å². The molecule has 41 heteroatoms. The van der Waals surface area contributed by atoms with Crippen LogP contribution in [0, 0.1) is 29.6 Å². The third-order valence-electron chi connectivity index (χ3n) is 16.6. The minimum Gasteiger partial charge on any atom is -0.481 e. The Kier molecular flexibility index (Phi) is 40.6. The van der Waals surface area contributed by atoms with Crippen LogP contribution in [0.15, 0.2) is 35.5 Å². The fourth-order valence-electron chi connectivity index (χ4n) is 10.8. The van der Waals surface area contributed by atoms with Crippen molar-refractivity contribution in [1.29, 1.82) is 0 Å². The van der Waals surface area contributed by atoms with Gasteiger partial charge in [-0.15, -0.1) is 0 Å². The Bertz CT molecular complexity index is 3580. The van der Waals surface area contributed by atoms with Crippen molar-refractivity contribution >= 4 is 117 Å². The highest BCUT2D eigenvalue weighted by Crippen LogP contribution is 2.20. The standard InChI is InChI=1S/C69H111N19O22/c1-31(2)20-40(70)58(99)82-47(25-53(95)96)65(106)87-55(35(9)10)67(108)88-54(34(7)8)66(107)84-44(22-33(5)6)62(103)78-37(12)57(98)81-45(23-38-26-74-41-17-14-13-16-39(38)41)64(105)80-42(18-15-19-73-69(71)72)61(102)83-46(24-52(93)94)59(100)75-28-51(92)79-43(21-32(3)4)63(104)85-48(29-89)60(101)76-27-50(91)77-36(11)56(97)86-49(30-90)68(109)110/h13-14,16-17,26,31-37,40,42-49,54-55,74,89-90H,15,18-25,27-30,70H2,1-12H3,(H,75,100)(H,76,101)(H,77,91)(H,78,103)(H,79,92)(H,80,105)(H,81,98)(H,82,99)(H,83,102)(H,84,107)(H,85,104)(H,86,97)(H,87,106)(H,88,108)(H,93,94)(H,95,96)(H,109,110)(H4,71,72,73)/t36-,37-,40-,42-,43-,44-,45-,46-,47-,48-,49-,54-,55-/m0/s1. The van der Waals surface area contributed by atoms with Crippen molar-refractivity contribution in [3.63, 3.8) is 0 Å². The quantitative estimate of drug-likeness (QED) is 0.0166. The molecular weight excluding hydrogens is 1450 g/mol. The van der Waals surface area contributed by atoms with Gasteiger partial charge in [-0.1, -0.05) is 87.4 Å². The van der Waals surface area contributed by atoms with Gasteiger partial charge in [0.05, 0.1) is 45.2 Å². The molecule has 1 aromatic carbocycles. The first-order valence-electron chi connectivity index (χ1n) is 35.8. The number of aromatic amines is 1. The molecule has 0 radical (unpaired) electrons. The lowest BCUT2D eigenvalue weighted by molar-refractivity contribution is -0.143. The van der Waals surface area contributed by atoms with Gasteiger partial charge in [0.15, 0.2) is 5.96 Å². The summed E-state index contributed by atoms with van der Waals surface area (Å²) in [6, 6.07) is -12.9.